The third kappa shape index (κ3) is 6.72. The number of rotatable bonds is 11. The number of halogens is 1. The van der Waals surface area contributed by atoms with E-state index in [9.17, 15) is 9.18 Å². The van der Waals surface area contributed by atoms with Crippen LogP contribution in [0.4, 0.5) is 4.39 Å². The van der Waals surface area contributed by atoms with E-state index in [4.69, 9.17) is 0 Å². The van der Waals surface area contributed by atoms with E-state index >= 15 is 0 Å². The van der Waals surface area contributed by atoms with Crippen molar-refractivity contribution in [2.75, 3.05) is 0 Å². The van der Waals surface area contributed by atoms with Gasteiger partial charge in [0.05, 0.1) is 6.54 Å². The van der Waals surface area contributed by atoms with Crippen molar-refractivity contribution in [3.8, 4) is 0 Å². The highest BCUT2D eigenvalue weighted by atomic mass is 19.1. The van der Waals surface area contributed by atoms with E-state index in [-0.39, 0.29) is 5.82 Å². The van der Waals surface area contributed by atoms with Gasteiger partial charge in [-0.25, -0.2) is 4.39 Å². The molecule has 2 aromatic rings. The van der Waals surface area contributed by atoms with Crippen LogP contribution in [0.15, 0.2) is 42.6 Å². The lowest BCUT2D eigenvalue weighted by atomic mass is 9.93. The molecular weight excluding hydrogens is 375 g/mol. The molecule has 164 valence electrons. The SMILES string of the molecule is CCCCCCCC(=O)N(Cc1cccn1Cc1cccc(F)c1)C1CCCCC1. The van der Waals surface area contributed by atoms with Crippen molar-refractivity contribution >= 4 is 5.91 Å². The Balaban J connectivity index is 1.67. The summed E-state index contributed by atoms with van der Waals surface area (Å²) in [6.45, 7) is 3.50. The average molecular weight is 413 g/mol. The number of amides is 1. The molecule has 3 rings (SSSR count). The Morgan fingerprint density at radius 1 is 1.07 bits per heavy atom. The normalized spacial score (nSPS) is 14.7. The summed E-state index contributed by atoms with van der Waals surface area (Å²) in [5, 5.41) is 0. The Hall–Kier alpha value is -2.10. The number of hydrogen-bond acceptors (Lipinski definition) is 1. The maximum absolute atomic E-state index is 13.6. The lowest BCUT2D eigenvalue weighted by molar-refractivity contribution is -0.135. The van der Waals surface area contributed by atoms with Gasteiger partial charge in [-0.2, -0.15) is 0 Å². The first-order chi connectivity index (χ1) is 14.7. The summed E-state index contributed by atoms with van der Waals surface area (Å²) in [5.74, 6) is 0.0974. The molecule has 0 N–H and O–H groups in total. The van der Waals surface area contributed by atoms with E-state index in [1.807, 2.05) is 18.3 Å². The molecule has 4 heteroatoms. The van der Waals surface area contributed by atoms with Gasteiger partial charge >= 0.3 is 0 Å². The third-order valence-corrected chi connectivity index (χ3v) is 6.33. The summed E-state index contributed by atoms with van der Waals surface area (Å²) in [4.78, 5) is 15.3. The first kappa shape index (κ1) is 22.6. The fourth-order valence-corrected chi connectivity index (χ4v) is 4.59. The first-order valence-electron chi connectivity index (χ1n) is 11.9. The standard InChI is InChI=1S/C26H37FN2O/c1-2-3-4-5-9-17-26(30)29(24-14-7-6-8-15-24)21-25-16-11-18-28(25)20-22-12-10-13-23(27)19-22/h10-13,16,18-19,24H,2-9,14-15,17,20-21H2,1H3. The number of hydrogen-bond donors (Lipinski definition) is 0. The molecule has 1 aromatic carbocycles. The summed E-state index contributed by atoms with van der Waals surface area (Å²) < 4.78 is 15.7. The Morgan fingerprint density at radius 3 is 2.63 bits per heavy atom. The van der Waals surface area contributed by atoms with E-state index in [2.05, 4.69) is 22.5 Å². The van der Waals surface area contributed by atoms with Gasteiger partial charge in [0.1, 0.15) is 5.82 Å². The number of benzene rings is 1. The first-order valence-corrected chi connectivity index (χ1v) is 11.9. The molecular formula is C26H37FN2O. The Labute approximate surface area is 181 Å². The summed E-state index contributed by atoms with van der Waals surface area (Å²) in [7, 11) is 0. The highest BCUT2D eigenvalue weighted by Gasteiger charge is 2.26. The lowest BCUT2D eigenvalue weighted by Crippen LogP contribution is -2.41. The molecule has 0 radical (unpaired) electrons. The van der Waals surface area contributed by atoms with Crippen LogP contribution in [0.3, 0.4) is 0 Å². The highest BCUT2D eigenvalue weighted by molar-refractivity contribution is 5.76. The van der Waals surface area contributed by atoms with Crippen LogP contribution in [-0.4, -0.2) is 21.4 Å². The molecule has 1 amide bonds. The lowest BCUT2D eigenvalue weighted by Gasteiger charge is -2.35. The molecule has 1 aliphatic carbocycles. The molecule has 0 bridgehead atoms. The summed E-state index contributed by atoms with van der Waals surface area (Å²) in [6.07, 6.45) is 14.5. The van der Waals surface area contributed by atoms with Crippen LogP contribution in [0.5, 0.6) is 0 Å². The largest absolute Gasteiger partial charge is 0.345 e. The van der Waals surface area contributed by atoms with Crippen LogP contribution >= 0.6 is 0 Å². The zero-order valence-electron chi connectivity index (χ0n) is 18.5. The monoisotopic (exact) mass is 412 g/mol. The highest BCUT2D eigenvalue weighted by Crippen LogP contribution is 2.26. The summed E-state index contributed by atoms with van der Waals surface area (Å²) in [6, 6.07) is 11.3. The topological polar surface area (TPSA) is 25.2 Å². The van der Waals surface area contributed by atoms with Gasteiger partial charge in [0.2, 0.25) is 5.91 Å². The fraction of sp³-hybridized carbons (Fsp3) is 0.577. The van der Waals surface area contributed by atoms with Crippen LogP contribution in [0.2, 0.25) is 0 Å². The van der Waals surface area contributed by atoms with Crippen LogP contribution in [0.1, 0.15) is 88.8 Å². The van der Waals surface area contributed by atoms with Crippen molar-refractivity contribution in [2.24, 2.45) is 0 Å². The molecule has 1 heterocycles. The summed E-state index contributed by atoms with van der Waals surface area (Å²) >= 11 is 0. The third-order valence-electron chi connectivity index (χ3n) is 6.33. The van der Waals surface area contributed by atoms with Gasteiger partial charge in [0.15, 0.2) is 0 Å². The Bertz CT molecular complexity index is 779. The minimum atomic E-state index is -0.205. The molecule has 1 fully saturated rings. The minimum absolute atomic E-state index is 0.205. The zero-order chi connectivity index (χ0) is 21.2. The van der Waals surface area contributed by atoms with Gasteiger partial charge in [-0.15, -0.1) is 0 Å². The van der Waals surface area contributed by atoms with Crippen molar-refractivity contribution in [1.82, 2.24) is 9.47 Å². The van der Waals surface area contributed by atoms with E-state index in [1.54, 1.807) is 12.1 Å². The molecule has 1 saturated carbocycles. The van der Waals surface area contributed by atoms with Gasteiger partial charge in [0, 0.05) is 30.9 Å². The van der Waals surface area contributed by atoms with Gasteiger partial charge < -0.3 is 9.47 Å². The predicted molar refractivity (Wildman–Crippen MR) is 121 cm³/mol. The predicted octanol–water partition coefficient (Wildman–Crippen LogP) is 6.70. The number of carbonyl (C=O) groups excluding carboxylic acids is 1. The summed E-state index contributed by atoms with van der Waals surface area (Å²) in [5.41, 5.74) is 2.07. The number of carbonyl (C=O) groups is 1. The van der Waals surface area contributed by atoms with E-state index < -0.39 is 0 Å². The van der Waals surface area contributed by atoms with Crippen LogP contribution in [0.25, 0.3) is 0 Å². The van der Waals surface area contributed by atoms with Crippen molar-refractivity contribution in [2.45, 2.75) is 96.7 Å². The number of unbranched alkanes of at least 4 members (excludes halogenated alkanes) is 4. The van der Waals surface area contributed by atoms with Crippen LogP contribution in [-0.2, 0) is 17.9 Å². The molecule has 0 unspecified atom stereocenters. The maximum atomic E-state index is 13.6. The van der Waals surface area contributed by atoms with Gasteiger partial charge in [0.25, 0.3) is 0 Å². The molecule has 1 aromatic heterocycles. The minimum Gasteiger partial charge on any atom is -0.345 e. The second-order valence-electron chi connectivity index (χ2n) is 8.74. The van der Waals surface area contributed by atoms with E-state index in [0.29, 0.717) is 31.5 Å². The van der Waals surface area contributed by atoms with Crippen molar-refractivity contribution < 1.29 is 9.18 Å². The number of aromatic nitrogens is 1. The van der Waals surface area contributed by atoms with Crippen LogP contribution in [0, 0.1) is 5.82 Å². The van der Waals surface area contributed by atoms with Crippen molar-refractivity contribution in [3.05, 3.63) is 59.7 Å². The smallest absolute Gasteiger partial charge is 0.223 e. The number of nitrogens with zero attached hydrogens (tertiary/aromatic N) is 2. The van der Waals surface area contributed by atoms with Gasteiger partial charge in [-0.1, -0.05) is 64.0 Å². The van der Waals surface area contributed by atoms with Crippen molar-refractivity contribution in [1.29, 1.82) is 0 Å². The van der Waals surface area contributed by atoms with Crippen LogP contribution < -0.4 is 0 Å². The van der Waals surface area contributed by atoms with Gasteiger partial charge in [-0.3, -0.25) is 4.79 Å². The molecule has 3 nitrogen and oxygen atoms in total. The second kappa shape index (κ2) is 11.9. The quantitative estimate of drug-likeness (QED) is 0.377. The molecule has 0 atom stereocenters. The fourth-order valence-electron chi connectivity index (χ4n) is 4.59. The molecule has 0 saturated heterocycles. The van der Waals surface area contributed by atoms with E-state index in [0.717, 1.165) is 36.9 Å². The zero-order valence-corrected chi connectivity index (χ0v) is 18.5. The Morgan fingerprint density at radius 2 is 1.87 bits per heavy atom. The Kier molecular flexibility index (Phi) is 8.98. The maximum Gasteiger partial charge on any atom is 0.223 e. The molecule has 30 heavy (non-hydrogen) atoms. The molecule has 1 aliphatic rings. The van der Waals surface area contributed by atoms with Gasteiger partial charge in [-0.05, 0) is 49.1 Å². The van der Waals surface area contributed by atoms with Crippen molar-refractivity contribution in [3.63, 3.8) is 0 Å². The average Bonchev–Trinajstić information content (AvgIpc) is 3.19. The van der Waals surface area contributed by atoms with E-state index in [1.165, 1.54) is 44.6 Å². The molecule has 0 aliphatic heterocycles. The molecule has 0 spiro atoms. The second-order valence-corrected chi connectivity index (χ2v) is 8.74.